The lowest BCUT2D eigenvalue weighted by Crippen LogP contribution is -2.33. The van der Waals surface area contributed by atoms with Crippen LogP contribution < -0.4 is 5.32 Å². The summed E-state index contributed by atoms with van der Waals surface area (Å²) in [5.41, 5.74) is 0.562. The first-order valence-electron chi connectivity index (χ1n) is 8.66. The first-order valence-corrected chi connectivity index (χ1v) is 8.66. The third-order valence-corrected chi connectivity index (χ3v) is 4.19. The van der Waals surface area contributed by atoms with Gasteiger partial charge in [0.2, 0.25) is 5.91 Å². The van der Waals surface area contributed by atoms with E-state index >= 15 is 0 Å². The van der Waals surface area contributed by atoms with E-state index in [1.807, 2.05) is 27.7 Å². The molecule has 1 aromatic carbocycles. The maximum atomic E-state index is 12.7. The summed E-state index contributed by atoms with van der Waals surface area (Å²) in [7, 11) is 0. The molecule has 0 spiro atoms. The molecule has 6 heteroatoms. The average molecular weight is 358 g/mol. The molecule has 0 aromatic heterocycles. The fourth-order valence-corrected chi connectivity index (χ4v) is 2.89. The zero-order valence-corrected chi connectivity index (χ0v) is 15.7. The smallest absolute Gasteiger partial charge is 0.311 e. The number of hydrogen-bond donors (Lipinski definition) is 1. The molecule has 1 aliphatic rings. The van der Waals surface area contributed by atoms with Crippen molar-refractivity contribution in [3.8, 4) is 0 Å². The summed E-state index contributed by atoms with van der Waals surface area (Å²) in [6.07, 6.45) is 1.18. The number of nitrogens with one attached hydrogen (secondary N) is 1. The highest BCUT2D eigenvalue weighted by Crippen LogP contribution is 2.27. The van der Waals surface area contributed by atoms with Crippen LogP contribution in [0, 0.1) is 11.8 Å². The number of anilines is 1. The number of benzene rings is 1. The summed E-state index contributed by atoms with van der Waals surface area (Å²) >= 11 is 0. The Kier molecular flexibility index (Phi) is 5.85. The van der Waals surface area contributed by atoms with Crippen LogP contribution in [-0.2, 0) is 14.3 Å². The van der Waals surface area contributed by atoms with E-state index in [0.717, 1.165) is 0 Å². The fraction of sp³-hybridized carbons (Fsp3) is 0.450. The molecule has 6 nitrogen and oxygen atoms in total. The second kappa shape index (κ2) is 7.72. The summed E-state index contributed by atoms with van der Waals surface area (Å²) in [6, 6.07) is 6.65. The molecule has 1 heterocycles. The molecule has 2 atom stereocenters. The van der Waals surface area contributed by atoms with Gasteiger partial charge in [-0.3, -0.25) is 14.4 Å². The minimum atomic E-state index is -0.542. The Balaban J connectivity index is 2.03. The van der Waals surface area contributed by atoms with Crippen molar-refractivity contribution in [3.63, 3.8) is 0 Å². The normalized spacial score (nSPS) is 19.8. The van der Waals surface area contributed by atoms with Crippen molar-refractivity contribution >= 4 is 23.5 Å². The number of likely N-dealkylation sites (tertiary alicyclic amines) is 1. The molecule has 0 aliphatic carbocycles. The maximum absolute atomic E-state index is 12.7. The van der Waals surface area contributed by atoms with Crippen LogP contribution in [0.4, 0.5) is 5.69 Å². The third kappa shape index (κ3) is 4.94. The van der Waals surface area contributed by atoms with Gasteiger partial charge in [-0.2, -0.15) is 0 Å². The minimum Gasteiger partial charge on any atom is -0.460 e. The van der Waals surface area contributed by atoms with Crippen LogP contribution in [0.3, 0.4) is 0 Å². The van der Waals surface area contributed by atoms with Gasteiger partial charge in [-0.25, -0.2) is 0 Å². The third-order valence-electron chi connectivity index (χ3n) is 4.19. The van der Waals surface area contributed by atoms with Gasteiger partial charge in [0.05, 0.1) is 5.92 Å². The van der Waals surface area contributed by atoms with Crippen LogP contribution in [0.2, 0.25) is 0 Å². The van der Waals surface area contributed by atoms with Crippen molar-refractivity contribution in [2.45, 2.75) is 33.3 Å². The average Bonchev–Trinajstić information content (AvgIpc) is 2.95. The Morgan fingerprint density at radius 3 is 2.35 bits per heavy atom. The van der Waals surface area contributed by atoms with Gasteiger partial charge in [0, 0.05) is 24.3 Å². The number of carbonyl (C=O) groups excluding carboxylic acids is 3. The van der Waals surface area contributed by atoms with Gasteiger partial charge in [-0.1, -0.05) is 13.5 Å². The van der Waals surface area contributed by atoms with Gasteiger partial charge in [0.15, 0.2) is 0 Å². The molecular formula is C20H26N2O4. The van der Waals surface area contributed by atoms with E-state index in [9.17, 15) is 14.4 Å². The lowest BCUT2D eigenvalue weighted by Gasteiger charge is -2.23. The van der Waals surface area contributed by atoms with Crippen LogP contribution in [-0.4, -0.2) is 41.4 Å². The quantitative estimate of drug-likeness (QED) is 0.663. The van der Waals surface area contributed by atoms with Gasteiger partial charge in [0.1, 0.15) is 5.60 Å². The van der Waals surface area contributed by atoms with Crippen LogP contribution in [0.25, 0.3) is 0 Å². The Hall–Kier alpha value is -2.63. The van der Waals surface area contributed by atoms with Crippen LogP contribution in [0.5, 0.6) is 0 Å². The molecular weight excluding hydrogens is 332 g/mol. The zero-order valence-electron chi connectivity index (χ0n) is 15.7. The van der Waals surface area contributed by atoms with E-state index in [2.05, 4.69) is 11.9 Å². The second-order valence-corrected chi connectivity index (χ2v) is 7.60. The Morgan fingerprint density at radius 1 is 1.19 bits per heavy atom. The summed E-state index contributed by atoms with van der Waals surface area (Å²) < 4.78 is 5.46. The lowest BCUT2D eigenvalue weighted by molar-refractivity contribution is -0.160. The number of amides is 2. The monoisotopic (exact) mass is 358 g/mol. The number of hydrogen-bond acceptors (Lipinski definition) is 4. The Morgan fingerprint density at radius 2 is 1.81 bits per heavy atom. The van der Waals surface area contributed by atoms with Crippen LogP contribution >= 0.6 is 0 Å². The van der Waals surface area contributed by atoms with E-state index in [-0.39, 0.29) is 29.6 Å². The predicted octanol–water partition coefficient (Wildman–Crippen LogP) is 2.86. The second-order valence-electron chi connectivity index (χ2n) is 7.60. The molecule has 0 unspecified atom stereocenters. The van der Waals surface area contributed by atoms with E-state index in [1.165, 1.54) is 6.08 Å². The van der Waals surface area contributed by atoms with E-state index < -0.39 is 5.60 Å². The number of nitrogens with zero attached hydrogens (tertiary/aromatic N) is 1. The summed E-state index contributed by atoms with van der Waals surface area (Å²) in [5, 5.41) is 2.63. The molecule has 0 radical (unpaired) electrons. The van der Waals surface area contributed by atoms with Gasteiger partial charge in [0.25, 0.3) is 5.91 Å². The van der Waals surface area contributed by atoms with Gasteiger partial charge in [-0.15, -0.1) is 0 Å². The van der Waals surface area contributed by atoms with Crippen molar-refractivity contribution in [3.05, 3.63) is 42.5 Å². The Labute approximate surface area is 154 Å². The van der Waals surface area contributed by atoms with E-state index in [1.54, 1.807) is 29.2 Å². The molecule has 1 aromatic rings. The minimum absolute atomic E-state index is 0.0416. The van der Waals surface area contributed by atoms with Crippen LogP contribution in [0.15, 0.2) is 36.9 Å². The SMILES string of the molecule is C=CC(=O)Nc1ccc(C(=O)N2C[C@@H](C)[C@H](C(=O)OC(C)(C)C)C2)cc1. The van der Waals surface area contributed by atoms with Gasteiger partial charge >= 0.3 is 5.97 Å². The molecule has 2 rings (SSSR count). The van der Waals surface area contributed by atoms with E-state index in [0.29, 0.717) is 24.3 Å². The van der Waals surface area contributed by atoms with Gasteiger partial charge < -0.3 is 15.0 Å². The number of esters is 1. The lowest BCUT2D eigenvalue weighted by atomic mass is 9.98. The zero-order chi connectivity index (χ0) is 19.5. The first-order chi connectivity index (χ1) is 12.1. The van der Waals surface area contributed by atoms with Gasteiger partial charge in [-0.05, 0) is 57.0 Å². The largest absolute Gasteiger partial charge is 0.460 e. The number of ether oxygens (including phenoxy) is 1. The molecule has 140 valence electrons. The van der Waals surface area contributed by atoms with Crippen LogP contribution in [0.1, 0.15) is 38.1 Å². The molecule has 1 N–H and O–H groups in total. The molecule has 1 aliphatic heterocycles. The predicted molar refractivity (Wildman–Crippen MR) is 99.7 cm³/mol. The standard InChI is InChI=1S/C20H26N2O4/c1-6-17(23)21-15-9-7-14(8-10-15)18(24)22-11-13(2)16(12-22)19(25)26-20(3,4)5/h6-10,13,16H,1,11-12H2,2-5H3,(H,21,23)/t13-,16-/m1/s1. The highest BCUT2D eigenvalue weighted by Gasteiger charge is 2.39. The van der Waals surface area contributed by atoms with Crippen molar-refractivity contribution in [1.29, 1.82) is 0 Å². The van der Waals surface area contributed by atoms with Crippen molar-refractivity contribution < 1.29 is 19.1 Å². The maximum Gasteiger partial charge on any atom is 0.311 e. The highest BCUT2D eigenvalue weighted by atomic mass is 16.6. The molecule has 1 fully saturated rings. The Bertz CT molecular complexity index is 704. The molecule has 0 bridgehead atoms. The fourth-order valence-electron chi connectivity index (χ4n) is 2.89. The molecule has 2 amide bonds. The molecule has 0 saturated carbocycles. The summed E-state index contributed by atoms with van der Waals surface area (Å²) in [6.45, 7) is 11.7. The van der Waals surface area contributed by atoms with Crippen molar-refractivity contribution in [2.24, 2.45) is 11.8 Å². The van der Waals surface area contributed by atoms with Crippen molar-refractivity contribution in [1.82, 2.24) is 4.90 Å². The summed E-state index contributed by atoms with van der Waals surface area (Å²) in [4.78, 5) is 38.0. The topological polar surface area (TPSA) is 75.7 Å². The van der Waals surface area contributed by atoms with Crippen molar-refractivity contribution in [2.75, 3.05) is 18.4 Å². The van der Waals surface area contributed by atoms with E-state index in [4.69, 9.17) is 4.74 Å². The molecule has 26 heavy (non-hydrogen) atoms. The highest BCUT2D eigenvalue weighted by molar-refractivity contribution is 6.00. The number of rotatable bonds is 4. The number of carbonyl (C=O) groups is 3. The first kappa shape index (κ1) is 19.7. The molecule has 1 saturated heterocycles. The summed E-state index contributed by atoms with van der Waals surface area (Å²) in [5.74, 6) is -0.978.